The first-order valence-electron chi connectivity index (χ1n) is 6.57. The SMILES string of the molecule is Cc1cc(N)cc(S(=O)(=O)NCC(C)c2nccs2)c1C. The summed E-state index contributed by atoms with van der Waals surface area (Å²) in [5, 5.41) is 2.80. The van der Waals surface area contributed by atoms with E-state index in [0.29, 0.717) is 12.2 Å². The maximum absolute atomic E-state index is 12.4. The first-order chi connectivity index (χ1) is 9.81. The number of sulfonamides is 1. The predicted molar refractivity (Wildman–Crippen MR) is 86.0 cm³/mol. The lowest BCUT2D eigenvalue weighted by molar-refractivity contribution is 0.574. The van der Waals surface area contributed by atoms with Crippen LogP contribution in [-0.4, -0.2) is 19.9 Å². The lowest BCUT2D eigenvalue weighted by Crippen LogP contribution is -2.28. The maximum atomic E-state index is 12.4. The first kappa shape index (κ1) is 15.9. The van der Waals surface area contributed by atoms with Gasteiger partial charge in [0, 0.05) is 29.7 Å². The minimum absolute atomic E-state index is 0.0298. The molecule has 0 radical (unpaired) electrons. The van der Waals surface area contributed by atoms with Gasteiger partial charge in [0.05, 0.1) is 9.90 Å². The van der Waals surface area contributed by atoms with E-state index in [1.807, 2.05) is 19.2 Å². The number of aryl methyl sites for hydroxylation is 1. The summed E-state index contributed by atoms with van der Waals surface area (Å²) in [4.78, 5) is 4.44. The van der Waals surface area contributed by atoms with Crippen LogP contribution in [0.15, 0.2) is 28.6 Å². The Balaban J connectivity index is 2.19. The van der Waals surface area contributed by atoms with E-state index in [1.54, 1.807) is 19.2 Å². The van der Waals surface area contributed by atoms with E-state index in [9.17, 15) is 8.42 Å². The molecule has 0 aliphatic heterocycles. The van der Waals surface area contributed by atoms with Crippen LogP contribution in [0.4, 0.5) is 5.69 Å². The highest BCUT2D eigenvalue weighted by Gasteiger charge is 2.20. The smallest absolute Gasteiger partial charge is 0.240 e. The van der Waals surface area contributed by atoms with Crippen molar-refractivity contribution < 1.29 is 8.42 Å². The van der Waals surface area contributed by atoms with Gasteiger partial charge in [-0.25, -0.2) is 18.1 Å². The average Bonchev–Trinajstić information content (AvgIpc) is 2.94. The van der Waals surface area contributed by atoms with E-state index in [-0.39, 0.29) is 10.8 Å². The molecule has 1 atom stereocenters. The number of hydrogen-bond donors (Lipinski definition) is 2. The first-order valence-corrected chi connectivity index (χ1v) is 8.93. The van der Waals surface area contributed by atoms with Gasteiger partial charge >= 0.3 is 0 Å². The van der Waals surface area contributed by atoms with Crippen LogP contribution in [0.2, 0.25) is 0 Å². The van der Waals surface area contributed by atoms with Gasteiger partial charge in [-0.15, -0.1) is 11.3 Å². The summed E-state index contributed by atoms with van der Waals surface area (Å²) in [6.07, 6.45) is 1.72. The molecule has 21 heavy (non-hydrogen) atoms. The van der Waals surface area contributed by atoms with E-state index in [2.05, 4.69) is 9.71 Å². The zero-order chi connectivity index (χ0) is 15.6. The molecule has 0 aliphatic carbocycles. The number of aromatic nitrogens is 1. The number of benzene rings is 1. The van der Waals surface area contributed by atoms with Gasteiger partial charge in [-0.2, -0.15) is 0 Å². The molecule has 1 aromatic heterocycles. The summed E-state index contributed by atoms with van der Waals surface area (Å²) in [6, 6.07) is 3.27. The molecule has 0 saturated carbocycles. The molecule has 0 amide bonds. The molecule has 0 saturated heterocycles. The highest BCUT2D eigenvalue weighted by atomic mass is 32.2. The van der Waals surface area contributed by atoms with Crippen molar-refractivity contribution in [2.75, 3.05) is 12.3 Å². The molecule has 0 spiro atoms. The summed E-state index contributed by atoms with van der Waals surface area (Å²) < 4.78 is 27.5. The molecular weight excluding hydrogens is 306 g/mol. The van der Waals surface area contributed by atoms with Crippen molar-refractivity contribution >= 4 is 27.0 Å². The van der Waals surface area contributed by atoms with E-state index < -0.39 is 10.0 Å². The second-order valence-electron chi connectivity index (χ2n) is 5.08. The standard InChI is InChI=1S/C14H19N3O2S2/c1-9-6-12(15)7-13(11(9)3)21(18,19)17-8-10(2)14-16-4-5-20-14/h4-7,10,17H,8,15H2,1-3H3. The van der Waals surface area contributed by atoms with Gasteiger partial charge in [0.2, 0.25) is 10.0 Å². The molecule has 1 unspecified atom stereocenters. The molecule has 7 heteroatoms. The molecule has 2 aromatic rings. The Morgan fingerprint density at radius 3 is 2.71 bits per heavy atom. The molecule has 0 bridgehead atoms. The van der Waals surface area contributed by atoms with Crippen molar-refractivity contribution in [2.45, 2.75) is 31.6 Å². The van der Waals surface area contributed by atoms with Crippen molar-refractivity contribution in [1.82, 2.24) is 9.71 Å². The van der Waals surface area contributed by atoms with Crippen LogP contribution in [-0.2, 0) is 10.0 Å². The van der Waals surface area contributed by atoms with Crippen molar-refractivity contribution in [3.8, 4) is 0 Å². The summed E-state index contributed by atoms with van der Waals surface area (Å²) in [6.45, 7) is 5.89. The van der Waals surface area contributed by atoms with Gasteiger partial charge in [0.15, 0.2) is 0 Å². The highest BCUT2D eigenvalue weighted by molar-refractivity contribution is 7.89. The summed E-state index contributed by atoms with van der Waals surface area (Å²) in [5.41, 5.74) is 7.79. The van der Waals surface area contributed by atoms with Gasteiger partial charge in [0.1, 0.15) is 0 Å². The molecule has 2 rings (SSSR count). The number of rotatable bonds is 5. The van der Waals surface area contributed by atoms with Crippen LogP contribution in [0.25, 0.3) is 0 Å². The number of nitrogens with one attached hydrogen (secondary N) is 1. The Morgan fingerprint density at radius 1 is 1.38 bits per heavy atom. The fourth-order valence-corrected chi connectivity index (χ4v) is 4.19. The maximum Gasteiger partial charge on any atom is 0.240 e. The molecule has 5 nitrogen and oxygen atoms in total. The van der Waals surface area contributed by atoms with Gasteiger partial charge in [0.25, 0.3) is 0 Å². The lowest BCUT2D eigenvalue weighted by atomic mass is 10.1. The van der Waals surface area contributed by atoms with E-state index in [1.165, 1.54) is 17.4 Å². The second-order valence-corrected chi connectivity index (χ2v) is 7.75. The van der Waals surface area contributed by atoms with Crippen LogP contribution in [0.1, 0.15) is 29.0 Å². The molecular formula is C14H19N3O2S2. The van der Waals surface area contributed by atoms with Gasteiger partial charge in [-0.1, -0.05) is 6.92 Å². The molecule has 114 valence electrons. The minimum Gasteiger partial charge on any atom is -0.399 e. The summed E-state index contributed by atoms with van der Waals surface area (Å²) in [5.74, 6) is 0.0298. The number of nitrogens with two attached hydrogens (primary N) is 1. The van der Waals surface area contributed by atoms with Gasteiger partial charge < -0.3 is 5.73 Å². The number of anilines is 1. The molecule has 1 aromatic carbocycles. The molecule has 0 fully saturated rings. The van der Waals surface area contributed by atoms with Crippen LogP contribution < -0.4 is 10.5 Å². The third-order valence-corrected chi connectivity index (χ3v) is 5.94. The van der Waals surface area contributed by atoms with Gasteiger partial charge in [-0.05, 0) is 37.1 Å². The third kappa shape index (κ3) is 3.61. The Labute approximate surface area is 129 Å². The minimum atomic E-state index is -3.58. The Bertz CT molecular complexity index is 725. The Morgan fingerprint density at radius 2 is 2.10 bits per heavy atom. The van der Waals surface area contributed by atoms with Crippen molar-refractivity contribution in [1.29, 1.82) is 0 Å². The number of hydrogen-bond acceptors (Lipinski definition) is 5. The average molecular weight is 325 g/mol. The fourth-order valence-electron chi connectivity index (χ4n) is 2.01. The van der Waals surface area contributed by atoms with E-state index in [4.69, 9.17) is 5.73 Å². The number of thiazole rings is 1. The Hall–Kier alpha value is -1.44. The fraction of sp³-hybridized carbons (Fsp3) is 0.357. The summed E-state index contributed by atoms with van der Waals surface area (Å²) >= 11 is 1.52. The van der Waals surface area contributed by atoms with Crippen molar-refractivity contribution in [3.63, 3.8) is 0 Å². The number of nitrogen functional groups attached to an aromatic ring is 1. The predicted octanol–water partition coefficient (Wildman–Crippen LogP) is 2.42. The Kier molecular flexibility index (Phi) is 4.65. The van der Waals surface area contributed by atoms with Gasteiger partial charge in [-0.3, -0.25) is 0 Å². The second kappa shape index (κ2) is 6.13. The van der Waals surface area contributed by atoms with Crippen molar-refractivity contribution in [3.05, 3.63) is 39.8 Å². The zero-order valence-electron chi connectivity index (χ0n) is 12.3. The van der Waals surface area contributed by atoms with Crippen LogP contribution in [0.3, 0.4) is 0 Å². The molecule has 1 heterocycles. The molecule has 3 N–H and O–H groups in total. The summed E-state index contributed by atoms with van der Waals surface area (Å²) in [7, 11) is -3.58. The quantitative estimate of drug-likeness (QED) is 0.827. The van der Waals surface area contributed by atoms with Crippen LogP contribution in [0, 0.1) is 13.8 Å². The largest absolute Gasteiger partial charge is 0.399 e. The normalized spacial score (nSPS) is 13.3. The number of nitrogens with zero attached hydrogens (tertiary/aromatic N) is 1. The van der Waals surface area contributed by atoms with E-state index >= 15 is 0 Å². The van der Waals surface area contributed by atoms with Crippen LogP contribution in [0.5, 0.6) is 0 Å². The molecule has 0 aliphatic rings. The topological polar surface area (TPSA) is 85.1 Å². The van der Waals surface area contributed by atoms with E-state index in [0.717, 1.165) is 16.1 Å². The highest BCUT2D eigenvalue weighted by Crippen LogP contribution is 2.23. The van der Waals surface area contributed by atoms with Crippen LogP contribution >= 0.6 is 11.3 Å². The lowest BCUT2D eigenvalue weighted by Gasteiger charge is -2.14. The van der Waals surface area contributed by atoms with Crippen molar-refractivity contribution in [2.24, 2.45) is 0 Å². The third-order valence-electron chi connectivity index (χ3n) is 3.38. The monoisotopic (exact) mass is 325 g/mol. The zero-order valence-corrected chi connectivity index (χ0v) is 13.9.